The number of fused-ring (bicyclic) bond motifs is 4. The van der Waals surface area contributed by atoms with Gasteiger partial charge in [0.25, 0.3) is 0 Å². The van der Waals surface area contributed by atoms with Crippen LogP contribution in [-0.4, -0.2) is 63.6 Å². The first-order chi connectivity index (χ1) is 20.2. The molecule has 0 amide bonds. The number of hydrogen-bond donors (Lipinski definition) is 3. The van der Waals surface area contributed by atoms with Gasteiger partial charge in [0.05, 0.1) is 24.4 Å². The van der Waals surface area contributed by atoms with Crippen LogP contribution in [0.25, 0.3) is 0 Å². The molecule has 0 bridgehead atoms. The van der Waals surface area contributed by atoms with Crippen LogP contribution in [0.2, 0.25) is 0 Å². The summed E-state index contributed by atoms with van der Waals surface area (Å²) in [5.74, 6) is -9.26. The maximum atomic E-state index is 15.3. The summed E-state index contributed by atoms with van der Waals surface area (Å²) in [7, 11) is 0. The average Bonchev–Trinajstić information content (AvgIpc) is 3.20. The molecule has 1 spiro atoms. The molecular formula is C33H41F5O6. The highest BCUT2D eigenvalue weighted by Crippen LogP contribution is 2.71. The van der Waals surface area contributed by atoms with Crippen molar-refractivity contribution in [3.05, 3.63) is 46.0 Å². The highest BCUT2D eigenvalue weighted by Gasteiger charge is 2.79. The lowest BCUT2D eigenvalue weighted by Gasteiger charge is -2.59. The maximum Gasteiger partial charge on any atom is 0.456 e. The van der Waals surface area contributed by atoms with Crippen molar-refractivity contribution in [1.82, 2.24) is 0 Å². The summed E-state index contributed by atoms with van der Waals surface area (Å²) in [4.78, 5) is 11.8. The largest absolute Gasteiger partial charge is 0.478 e. The summed E-state index contributed by atoms with van der Waals surface area (Å²) in [5.41, 5.74) is -4.01. The smallest absolute Gasteiger partial charge is 0.456 e. The van der Waals surface area contributed by atoms with E-state index in [0.717, 1.165) is 11.1 Å². The zero-order valence-corrected chi connectivity index (χ0v) is 25.5. The Morgan fingerprint density at radius 3 is 2.23 bits per heavy atom. The van der Waals surface area contributed by atoms with Gasteiger partial charge in [-0.05, 0) is 80.1 Å². The molecule has 0 unspecified atom stereocenters. The number of aryl methyl sites for hydroxylation is 1. The molecule has 6 nitrogen and oxygen atoms in total. The number of carbonyl (C=O) groups is 1. The predicted molar refractivity (Wildman–Crippen MR) is 149 cm³/mol. The van der Waals surface area contributed by atoms with Crippen LogP contribution in [0.5, 0.6) is 0 Å². The van der Waals surface area contributed by atoms with E-state index in [-0.39, 0.29) is 36.7 Å². The molecule has 6 atom stereocenters. The molecule has 3 saturated carbocycles. The molecule has 244 valence electrons. The molecule has 1 aliphatic heterocycles. The standard InChI is InChI=1S/C33H41F5O6/c1-18-13-19(5-6-20(18)26(39)40)22-14-28(4)23(9-12-31(28,42)32(34,35)33(36,37)38)21-7-10-29(41)15-30(11-8-24(29)25(21)22)43-16-27(2,3)17-44-30/h5-6,13,21-23,41-42H,7-12,14-17H2,1-4H3,(H,39,40)/t21-,22+,23-,28-,29+,31-/m0/s1. The van der Waals surface area contributed by atoms with Crippen LogP contribution < -0.4 is 0 Å². The van der Waals surface area contributed by atoms with Gasteiger partial charge in [-0.2, -0.15) is 22.0 Å². The van der Waals surface area contributed by atoms with Gasteiger partial charge in [-0.15, -0.1) is 0 Å². The van der Waals surface area contributed by atoms with E-state index >= 15 is 8.78 Å². The van der Waals surface area contributed by atoms with E-state index in [1.807, 2.05) is 13.8 Å². The zero-order chi connectivity index (χ0) is 32.3. The third kappa shape index (κ3) is 4.42. The summed E-state index contributed by atoms with van der Waals surface area (Å²) >= 11 is 0. The molecule has 0 aromatic heterocycles. The Kier molecular flexibility index (Phi) is 7.04. The lowest BCUT2D eigenvalue weighted by Crippen LogP contribution is -2.65. The van der Waals surface area contributed by atoms with E-state index in [0.29, 0.717) is 43.6 Å². The number of carboxylic acid groups (broad SMARTS) is 1. The van der Waals surface area contributed by atoms with Crippen LogP contribution in [0.3, 0.4) is 0 Å². The highest BCUT2D eigenvalue weighted by atomic mass is 19.4. The number of allylic oxidation sites excluding steroid dienone is 1. The van der Waals surface area contributed by atoms with Gasteiger partial charge in [0.15, 0.2) is 5.79 Å². The second-order valence-electron chi connectivity index (χ2n) is 15.1. The van der Waals surface area contributed by atoms with Gasteiger partial charge < -0.3 is 24.8 Å². The number of benzene rings is 1. The van der Waals surface area contributed by atoms with Gasteiger partial charge in [0, 0.05) is 29.6 Å². The van der Waals surface area contributed by atoms with Crippen molar-refractivity contribution in [2.24, 2.45) is 22.7 Å². The average molecular weight is 629 g/mol. The molecule has 44 heavy (non-hydrogen) atoms. The second kappa shape index (κ2) is 9.72. The summed E-state index contributed by atoms with van der Waals surface area (Å²) in [6.07, 6.45) is -5.20. The van der Waals surface area contributed by atoms with Crippen LogP contribution in [0.15, 0.2) is 29.3 Å². The predicted octanol–water partition coefficient (Wildman–Crippen LogP) is 6.92. The molecule has 1 saturated heterocycles. The van der Waals surface area contributed by atoms with Gasteiger partial charge in [0.1, 0.15) is 5.60 Å². The molecule has 5 aliphatic rings. The molecular weight excluding hydrogens is 587 g/mol. The van der Waals surface area contributed by atoms with Crippen molar-refractivity contribution in [1.29, 1.82) is 0 Å². The quantitative estimate of drug-likeness (QED) is 0.249. The summed E-state index contributed by atoms with van der Waals surface area (Å²) in [6, 6.07) is 4.65. The Morgan fingerprint density at radius 1 is 0.977 bits per heavy atom. The van der Waals surface area contributed by atoms with Gasteiger partial charge >= 0.3 is 18.1 Å². The maximum absolute atomic E-state index is 15.3. The van der Waals surface area contributed by atoms with Crippen molar-refractivity contribution in [2.75, 3.05) is 13.2 Å². The van der Waals surface area contributed by atoms with Crippen LogP contribution >= 0.6 is 0 Å². The summed E-state index contributed by atoms with van der Waals surface area (Å²) in [6.45, 7) is 7.95. The van der Waals surface area contributed by atoms with Crippen LogP contribution in [0.4, 0.5) is 22.0 Å². The number of hydrogen-bond acceptors (Lipinski definition) is 5. The number of ether oxygens (including phenoxy) is 2. The number of aliphatic hydroxyl groups is 2. The Labute approximate surface area is 253 Å². The van der Waals surface area contributed by atoms with Crippen molar-refractivity contribution in [3.8, 4) is 0 Å². The molecule has 11 heteroatoms. The lowest BCUT2D eigenvalue weighted by molar-refractivity contribution is -0.362. The van der Waals surface area contributed by atoms with Crippen molar-refractivity contribution >= 4 is 5.97 Å². The zero-order valence-electron chi connectivity index (χ0n) is 25.5. The third-order valence-corrected chi connectivity index (χ3v) is 11.8. The molecule has 6 rings (SSSR count). The van der Waals surface area contributed by atoms with Gasteiger partial charge in [-0.25, -0.2) is 4.79 Å². The highest BCUT2D eigenvalue weighted by molar-refractivity contribution is 5.89. The number of aromatic carboxylic acids is 1. The van der Waals surface area contributed by atoms with Gasteiger partial charge in [0.2, 0.25) is 0 Å². The Morgan fingerprint density at radius 2 is 1.64 bits per heavy atom. The molecule has 1 aromatic carbocycles. The molecule has 1 aromatic rings. The molecule has 4 fully saturated rings. The van der Waals surface area contributed by atoms with Crippen LogP contribution in [0, 0.1) is 29.6 Å². The fraction of sp³-hybridized carbons (Fsp3) is 0.727. The van der Waals surface area contributed by atoms with Gasteiger partial charge in [-0.1, -0.05) is 38.5 Å². The van der Waals surface area contributed by atoms with Gasteiger partial charge in [-0.3, -0.25) is 0 Å². The summed E-state index contributed by atoms with van der Waals surface area (Å²) in [5, 5.41) is 33.3. The van der Waals surface area contributed by atoms with Crippen molar-refractivity contribution in [2.45, 2.75) is 114 Å². The Bertz CT molecular complexity index is 1390. The molecule has 3 N–H and O–H groups in total. The van der Waals surface area contributed by atoms with Crippen molar-refractivity contribution in [3.63, 3.8) is 0 Å². The Hall–Kier alpha value is -2.08. The lowest BCUT2D eigenvalue weighted by atomic mass is 9.49. The minimum absolute atomic E-state index is 0.00646. The fourth-order valence-corrected chi connectivity index (χ4v) is 9.45. The third-order valence-electron chi connectivity index (χ3n) is 11.8. The van der Waals surface area contributed by atoms with Crippen LogP contribution in [-0.2, 0) is 9.47 Å². The summed E-state index contributed by atoms with van der Waals surface area (Å²) < 4.78 is 84.5. The first-order valence-corrected chi connectivity index (χ1v) is 15.4. The second-order valence-corrected chi connectivity index (χ2v) is 15.1. The minimum atomic E-state index is -5.94. The number of carboxylic acids is 1. The van der Waals surface area contributed by atoms with E-state index in [4.69, 9.17) is 9.47 Å². The fourth-order valence-electron chi connectivity index (χ4n) is 9.45. The van der Waals surface area contributed by atoms with E-state index in [1.165, 1.54) is 13.0 Å². The van der Waals surface area contributed by atoms with Crippen molar-refractivity contribution < 1.29 is 51.5 Å². The van der Waals surface area contributed by atoms with E-state index < -0.39 is 64.6 Å². The first kappa shape index (κ1) is 31.9. The first-order valence-electron chi connectivity index (χ1n) is 15.4. The topological polar surface area (TPSA) is 96.2 Å². The molecule has 1 heterocycles. The monoisotopic (exact) mass is 628 g/mol. The molecule has 0 radical (unpaired) electrons. The van der Waals surface area contributed by atoms with E-state index in [9.17, 15) is 33.3 Å². The van der Waals surface area contributed by atoms with E-state index in [2.05, 4.69) is 0 Å². The normalized spacial score (nSPS) is 38.2. The SMILES string of the molecule is Cc1cc([C@H]2C[C@@]3(C)[C@@H](CC[C@@]3(O)C(F)(F)C(F)(F)F)[C@@H]3CC[C@@]4(O)CC5(CCC4=C32)OCC(C)(C)CO5)ccc1C(=O)O. The minimum Gasteiger partial charge on any atom is -0.478 e. The number of halogens is 5. The molecule has 4 aliphatic carbocycles. The Balaban J connectivity index is 1.48. The number of rotatable bonds is 3. The number of alkyl halides is 5. The van der Waals surface area contributed by atoms with Crippen LogP contribution in [0.1, 0.15) is 99.5 Å². The van der Waals surface area contributed by atoms with E-state index in [1.54, 1.807) is 19.1 Å².